The molecule has 3 heteroatoms. The van der Waals surface area contributed by atoms with Gasteiger partial charge in [0.15, 0.2) is 0 Å². The molecule has 0 radical (unpaired) electrons. The predicted octanol–water partition coefficient (Wildman–Crippen LogP) is 4.51. The molecule has 1 N–H and O–H groups in total. The fourth-order valence-electron chi connectivity index (χ4n) is 6.44. The van der Waals surface area contributed by atoms with E-state index < -0.39 is 0 Å². The first-order valence-corrected chi connectivity index (χ1v) is 9.02. The van der Waals surface area contributed by atoms with E-state index in [0.29, 0.717) is 22.6 Å². The van der Waals surface area contributed by atoms with Crippen LogP contribution in [-0.2, 0) is 4.79 Å². The molecule has 4 rings (SSSR count). The van der Waals surface area contributed by atoms with Gasteiger partial charge in [-0.2, -0.15) is 0 Å². The smallest absolute Gasteiger partial charge is 0.226 e. The molecule has 0 aromatic carbocycles. The summed E-state index contributed by atoms with van der Waals surface area (Å²) in [7, 11) is 0. The fourth-order valence-corrected chi connectivity index (χ4v) is 6.91. The predicted molar refractivity (Wildman–Crippen MR) is 87.4 cm³/mol. The van der Waals surface area contributed by atoms with E-state index in [1.54, 1.807) is 0 Å². The highest BCUT2D eigenvalue weighted by molar-refractivity contribution is 6.17. The minimum Gasteiger partial charge on any atom is -0.351 e. The third kappa shape index (κ3) is 2.73. The van der Waals surface area contributed by atoms with E-state index in [1.165, 1.54) is 19.3 Å². The molecule has 4 saturated carbocycles. The summed E-state index contributed by atoms with van der Waals surface area (Å²) in [4.78, 5) is 13.1. The van der Waals surface area contributed by atoms with Gasteiger partial charge < -0.3 is 5.32 Å². The van der Waals surface area contributed by atoms with Gasteiger partial charge in [0.05, 0.1) is 5.41 Å². The molecule has 0 aromatic heterocycles. The lowest BCUT2D eigenvalue weighted by atomic mass is 9.40. The van der Waals surface area contributed by atoms with Crippen LogP contribution >= 0.6 is 11.6 Å². The first-order valence-electron chi connectivity index (χ1n) is 8.48. The number of halogens is 1. The number of hydrogen-bond acceptors (Lipinski definition) is 1. The molecule has 4 fully saturated rings. The number of nitrogens with one attached hydrogen (secondary N) is 1. The molecule has 2 atom stereocenters. The fraction of sp³-hybridized carbons (Fsp3) is 0.944. The molecule has 0 heterocycles. The van der Waals surface area contributed by atoms with Crippen LogP contribution in [0.2, 0.25) is 0 Å². The van der Waals surface area contributed by atoms with Crippen LogP contribution in [0.25, 0.3) is 0 Å². The van der Waals surface area contributed by atoms with Crippen molar-refractivity contribution in [3.63, 3.8) is 0 Å². The van der Waals surface area contributed by atoms with Crippen LogP contribution in [0.3, 0.4) is 0 Å². The molecule has 0 aromatic rings. The second kappa shape index (κ2) is 4.63. The Hall–Kier alpha value is -0.240. The molecule has 0 aliphatic heterocycles. The molecule has 2 nitrogen and oxygen atoms in total. The van der Waals surface area contributed by atoms with Crippen LogP contribution in [-0.4, -0.2) is 17.3 Å². The summed E-state index contributed by atoms with van der Waals surface area (Å²) in [6, 6.07) is 0. The Balaban J connectivity index is 1.83. The van der Waals surface area contributed by atoms with Gasteiger partial charge in [-0.15, -0.1) is 11.6 Å². The molecule has 1 amide bonds. The lowest BCUT2D eigenvalue weighted by Crippen LogP contribution is -2.62. The number of hydrogen-bond donors (Lipinski definition) is 1. The normalized spacial score (nSPS) is 44.9. The zero-order chi connectivity index (χ0) is 15.5. The van der Waals surface area contributed by atoms with E-state index in [1.807, 2.05) is 0 Å². The standard InChI is InChI=1S/C18H30ClNO/c1-15(2,5-6-19)20-14(21)18-9-13-7-16(3,11-18)10-17(4,8-13)12-18/h13H,5-12H2,1-4H3,(H,20,21). The Morgan fingerprint density at radius 3 is 2.19 bits per heavy atom. The maximum absolute atomic E-state index is 13.1. The summed E-state index contributed by atoms with van der Waals surface area (Å²) in [6.45, 7) is 9.03. The van der Waals surface area contributed by atoms with Crippen LogP contribution < -0.4 is 5.32 Å². The van der Waals surface area contributed by atoms with Crippen LogP contribution in [0.1, 0.15) is 72.6 Å². The highest BCUT2D eigenvalue weighted by Gasteiger charge is 2.62. The van der Waals surface area contributed by atoms with Crippen molar-refractivity contribution in [2.45, 2.75) is 78.2 Å². The van der Waals surface area contributed by atoms with Crippen LogP contribution in [0.4, 0.5) is 0 Å². The second-order valence-electron chi connectivity index (χ2n) is 9.69. The number of rotatable bonds is 4. The highest BCUT2D eigenvalue weighted by Crippen LogP contribution is 2.69. The topological polar surface area (TPSA) is 29.1 Å². The van der Waals surface area contributed by atoms with Crippen molar-refractivity contribution in [1.82, 2.24) is 5.32 Å². The maximum Gasteiger partial charge on any atom is 0.226 e. The second-order valence-corrected chi connectivity index (χ2v) is 10.1. The molecule has 21 heavy (non-hydrogen) atoms. The van der Waals surface area contributed by atoms with E-state index in [0.717, 1.165) is 31.6 Å². The first-order chi connectivity index (χ1) is 9.60. The van der Waals surface area contributed by atoms with Gasteiger partial charge in [0, 0.05) is 11.4 Å². The van der Waals surface area contributed by atoms with Gasteiger partial charge >= 0.3 is 0 Å². The van der Waals surface area contributed by atoms with Crippen molar-refractivity contribution in [2.24, 2.45) is 22.2 Å². The first kappa shape index (κ1) is 15.6. The number of amides is 1. The molecule has 120 valence electrons. The molecule has 2 unspecified atom stereocenters. The molecule has 0 saturated heterocycles. The summed E-state index contributed by atoms with van der Waals surface area (Å²) in [5.41, 5.74) is 0.487. The van der Waals surface area contributed by atoms with Gasteiger partial charge in [0.2, 0.25) is 5.91 Å². The molecular formula is C18H30ClNO. The van der Waals surface area contributed by atoms with E-state index in [9.17, 15) is 4.79 Å². The zero-order valence-electron chi connectivity index (χ0n) is 14.0. The van der Waals surface area contributed by atoms with Crippen molar-refractivity contribution in [1.29, 1.82) is 0 Å². The third-order valence-electron chi connectivity index (χ3n) is 6.28. The minimum absolute atomic E-state index is 0.105. The monoisotopic (exact) mass is 311 g/mol. The Kier molecular flexibility index (Phi) is 3.45. The average molecular weight is 312 g/mol. The molecular weight excluding hydrogens is 282 g/mol. The number of carbonyl (C=O) groups is 1. The van der Waals surface area contributed by atoms with Crippen LogP contribution in [0.15, 0.2) is 0 Å². The summed E-state index contributed by atoms with van der Waals surface area (Å²) in [6.07, 6.45) is 8.11. The number of alkyl halides is 1. The Labute approximate surface area is 134 Å². The minimum atomic E-state index is -0.191. The van der Waals surface area contributed by atoms with E-state index in [4.69, 9.17) is 11.6 Å². The Bertz CT molecular complexity index is 440. The van der Waals surface area contributed by atoms with Crippen molar-refractivity contribution in [3.8, 4) is 0 Å². The number of carbonyl (C=O) groups excluding carboxylic acids is 1. The van der Waals surface area contributed by atoms with Gasteiger partial charge in [-0.3, -0.25) is 4.79 Å². The lowest BCUT2D eigenvalue weighted by Gasteiger charge is -2.64. The Morgan fingerprint density at radius 1 is 1.14 bits per heavy atom. The lowest BCUT2D eigenvalue weighted by molar-refractivity contribution is -0.171. The van der Waals surface area contributed by atoms with Crippen molar-refractivity contribution in [2.75, 3.05) is 5.88 Å². The van der Waals surface area contributed by atoms with Crippen molar-refractivity contribution >= 4 is 17.5 Å². The third-order valence-corrected chi connectivity index (χ3v) is 6.47. The summed E-state index contributed by atoms with van der Waals surface area (Å²) >= 11 is 5.88. The van der Waals surface area contributed by atoms with E-state index in [2.05, 4.69) is 33.0 Å². The Morgan fingerprint density at radius 2 is 1.71 bits per heavy atom. The zero-order valence-corrected chi connectivity index (χ0v) is 14.8. The van der Waals surface area contributed by atoms with E-state index in [-0.39, 0.29) is 11.0 Å². The van der Waals surface area contributed by atoms with Gasteiger partial charge in [0.25, 0.3) is 0 Å². The van der Waals surface area contributed by atoms with Gasteiger partial charge in [-0.1, -0.05) is 13.8 Å². The molecule has 4 bridgehead atoms. The summed E-state index contributed by atoms with van der Waals surface area (Å²) < 4.78 is 0. The summed E-state index contributed by atoms with van der Waals surface area (Å²) in [5, 5.41) is 3.33. The van der Waals surface area contributed by atoms with Crippen molar-refractivity contribution < 1.29 is 4.79 Å². The highest BCUT2D eigenvalue weighted by atomic mass is 35.5. The van der Waals surface area contributed by atoms with Crippen LogP contribution in [0.5, 0.6) is 0 Å². The van der Waals surface area contributed by atoms with Gasteiger partial charge in [-0.05, 0) is 75.5 Å². The summed E-state index contributed by atoms with van der Waals surface area (Å²) in [5.74, 6) is 1.66. The average Bonchev–Trinajstić information content (AvgIpc) is 2.22. The molecule has 4 aliphatic rings. The molecule has 0 spiro atoms. The van der Waals surface area contributed by atoms with Gasteiger partial charge in [0.1, 0.15) is 0 Å². The van der Waals surface area contributed by atoms with E-state index >= 15 is 0 Å². The SMILES string of the molecule is CC12CC3CC(C)(C1)CC(C(=O)NC(C)(C)CCCl)(C3)C2. The van der Waals surface area contributed by atoms with Crippen LogP contribution in [0, 0.1) is 22.2 Å². The maximum atomic E-state index is 13.1. The molecule has 4 aliphatic carbocycles. The van der Waals surface area contributed by atoms with Gasteiger partial charge in [-0.25, -0.2) is 0 Å². The van der Waals surface area contributed by atoms with Crippen molar-refractivity contribution in [3.05, 3.63) is 0 Å². The largest absolute Gasteiger partial charge is 0.351 e. The quantitative estimate of drug-likeness (QED) is 0.761.